The molecule has 2 aromatic rings. The summed E-state index contributed by atoms with van der Waals surface area (Å²) in [5.74, 6) is 1.55. The highest BCUT2D eigenvalue weighted by Gasteiger charge is 2.16. The predicted molar refractivity (Wildman–Crippen MR) is 77.1 cm³/mol. The van der Waals surface area contributed by atoms with Crippen LogP contribution in [0.4, 0.5) is 0 Å². The zero-order valence-corrected chi connectivity index (χ0v) is 12.2. The average Bonchev–Trinajstić information content (AvgIpc) is 3.10. The molecule has 8 heteroatoms. The molecule has 2 heterocycles. The Morgan fingerprint density at radius 1 is 1.52 bits per heavy atom. The van der Waals surface area contributed by atoms with Gasteiger partial charge >= 0.3 is 0 Å². The molecule has 2 N–H and O–H groups in total. The molecular weight excluding hydrogens is 290 g/mol. The standard InChI is InChI=1S/C13H15N5O2S/c14-6-1-2-9-21-13-17-16-12(10-4-3-8-20-10)18(13)7-5-11(15)19/h3-4,8H,1-2,5,7,9H2,(H2,15,19). The maximum Gasteiger partial charge on any atom is 0.219 e. The molecule has 0 unspecified atom stereocenters. The Labute approximate surface area is 126 Å². The summed E-state index contributed by atoms with van der Waals surface area (Å²) < 4.78 is 7.15. The van der Waals surface area contributed by atoms with E-state index in [1.54, 1.807) is 18.4 Å². The summed E-state index contributed by atoms with van der Waals surface area (Å²) in [5.41, 5.74) is 5.21. The monoisotopic (exact) mass is 305 g/mol. The van der Waals surface area contributed by atoms with Gasteiger partial charge in [0.05, 0.1) is 12.3 Å². The number of rotatable bonds is 8. The highest BCUT2D eigenvalue weighted by molar-refractivity contribution is 7.99. The van der Waals surface area contributed by atoms with E-state index in [1.807, 2.05) is 4.57 Å². The minimum atomic E-state index is -0.380. The Hall–Kier alpha value is -2.27. The number of primary amides is 1. The summed E-state index contributed by atoms with van der Waals surface area (Å²) in [4.78, 5) is 11.0. The molecule has 1 amide bonds. The molecule has 0 fully saturated rings. The molecule has 0 bridgehead atoms. The van der Waals surface area contributed by atoms with Gasteiger partial charge in [-0.15, -0.1) is 10.2 Å². The van der Waals surface area contributed by atoms with Gasteiger partial charge in [0.2, 0.25) is 5.91 Å². The van der Waals surface area contributed by atoms with Crippen LogP contribution in [0.3, 0.4) is 0 Å². The lowest BCUT2D eigenvalue weighted by molar-refractivity contribution is -0.118. The number of hydrogen-bond acceptors (Lipinski definition) is 6. The lowest BCUT2D eigenvalue weighted by atomic mass is 10.3. The van der Waals surface area contributed by atoms with Crippen molar-refractivity contribution >= 4 is 17.7 Å². The zero-order chi connectivity index (χ0) is 15.1. The van der Waals surface area contributed by atoms with Crippen LogP contribution in [0.15, 0.2) is 28.0 Å². The Balaban J connectivity index is 2.15. The second-order valence-electron chi connectivity index (χ2n) is 4.26. The van der Waals surface area contributed by atoms with Gasteiger partial charge in [-0.05, 0) is 18.6 Å². The molecular formula is C13H15N5O2S. The summed E-state index contributed by atoms with van der Waals surface area (Å²) in [6.07, 6.45) is 3.05. The first-order valence-corrected chi connectivity index (χ1v) is 7.46. The summed E-state index contributed by atoms with van der Waals surface area (Å²) in [6, 6.07) is 5.66. The van der Waals surface area contributed by atoms with E-state index in [0.29, 0.717) is 29.7 Å². The van der Waals surface area contributed by atoms with Gasteiger partial charge < -0.3 is 10.2 Å². The first-order valence-electron chi connectivity index (χ1n) is 6.47. The minimum Gasteiger partial charge on any atom is -0.461 e. The molecule has 0 aliphatic rings. The molecule has 2 rings (SSSR count). The SMILES string of the molecule is N#CCCCSc1nnc(-c2ccco2)n1CCC(N)=O. The molecule has 7 nitrogen and oxygen atoms in total. The first-order chi connectivity index (χ1) is 10.2. The second kappa shape index (κ2) is 7.50. The molecule has 2 aromatic heterocycles. The summed E-state index contributed by atoms with van der Waals surface area (Å²) in [6.45, 7) is 0.402. The number of furan rings is 1. The topological polar surface area (TPSA) is 111 Å². The van der Waals surface area contributed by atoms with Gasteiger partial charge in [0.25, 0.3) is 0 Å². The number of amides is 1. The van der Waals surface area contributed by atoms with Gasteiger partial charge in [-0.2, -0.15) is 5.26 Å². The average molecular weight is 305 g/mol. The van der Waals surface area contributed by atoms with Crippen molar-refractivity contribution in [3.8, 4) is 17.7 Å². The number of thioether (sulfide) groups is 1. The van der Waals surface area contributed by atoms with Crippen LogP contribution < -0.4 is 5.73 Å². The molecule has 0 aromatic carbocycles. The molecule has 0 aliphatic carbocycles. The van der Waals surface area contributed by atoms with Gasteiger partial charge in [0.1, 0.15) is 0 Å². The first kappa shape index (κ1) is 15.1. The smallest absolute Gasteiger partial charge is 0.219 e. The number of hydrogen-bond donors (Lipinski definition) is 1. The number of carbonyl (C=O) groups is 1. The van der Waals surface area contributed by atoms with Crippen molar-refractivity contribution in [3.63, 3.8) is 0 Å². The molecule has 0 spiro atoms. The fraction of sp³-hybridized carbons (Fsp3) is 0.385. The summed E-state index contributed by atoms with van der Waals surface area (Å²) >= 11 is 1.50. The Kier molecular flexibility index (Phi) is 5.40. The van der Waals surface area contributed by atoms with Crippen LogP contribution in [0.2, 0.25) is 0 Å². The molecule has 110 valence electrons. The molecule has 0 aliphatic heterocycles. The van der Waals surface area contributed by atoms with Crippen LogP contribution >= 0.6 is 11.8 Å². The van der Waals surface area contributed by atoms with Crippen LogP contribution in [0.5, 0.6) is 0 Å². The molecule has 0 saturated carbocycles. The van der Waals surface area contributed by atoms with E-state index in [9.17, 15) is 4.79 Å². The van der Waals surface area contributed by atoms with Gasteiger partial charge in [-0.1, -0.05) is 11.8 Å². The number of aromatic nitrogens is 3. The third-order valence-corrected chi connectivity index (χ3v) is 3.76. The van der Waals surface area contributed by atoms with Crippen LogP contribution in [0.1, 0.15) is 19.3 Å². The maximum absolute atomic E-state index is 11.0. The van der Waals surface area contributed by atoms with Gasteiger partial charge in [-0.25, -0.2) is 0 Å². The quantitative estimate of drug-likeness (QED) is 0.588. The number of nitrogens with two attached hydrogens (primary N) is 1. The van der Waals surface area contributed by atoms with E-state index < -0.39 is 0 Å². The maximum atomic E-state index is 11.0. The number of nitrogens with zero attached hydrogens (tertiary/aromatic N) is 4. The van der Waals surface area contributed by atoms with Crippen molar-refractivity contribution in [2.75, 3.05) is 5.75 Å². The molecule has 0 atom stereocenters. The van der Waals surface area contributed by atoms with Crippen LogP contribution in [-0.2, 0) is 11.3 Å². The largest absolute Gasteiger partial charge is 0.461 e. The Bertz CT molecular complexity index is 630. The van der Waals surface area contributed by atoms with Crippen LogP contribution in [-0.4, -0.2) is 26.4 Å². The lowest BCUT2D eigenvalue weighted by Gasteiger charge is -2.07. The van der Waals surface area contributed by atoms with Crippen molar-refractivity contribution in [1.29, 1.82) is 5.26 Å². The van der Waals surface area contributed by atoms with Crippen molar-refractivity contribution in [1.82, 2.24) is 14.8 Å². The van der Waals surface area contributed by atoms with E-state index in [0.717, 1.165) is 12.2 Å². The van der Waals surface area contributed by atoms with Crippen molar-refractivity contribution in [3.05, 3.63) is 18.4 Å². The molecule has 21 heavy (non-hydrogen) atoms. The second-order valence-corrected chi connectivity index (χ2v) is 5.32. The summed E-state index contributed by atoms with van der Waals surface area (Å²) in [5, 5.41) is 17.5. The zero-order valence-electron chi connectivity index (χ0n) is 11.4. The number of nitriles is 1. The predicted octanol–water partition coefficient (Wildman–Crippen LogP) is 1.81. The van der Waals surface area contributed by atoms with Crippen molar-refractivity contribution < 1.29 is 9.21 Å². The summed E-state index contributed by atoms with van der Waals surface area (Å²) in [7, 11) is 0. The highest BCUT2D eigenvalue weighted by atomic mass is 32.2. The van der Waals surface area contributed by atoms with E-state index in [4.69, 9.17) is 15.4 Å². The third-order valence-electron chi connectivity index (χ3n) is 2.70. The Morgan fingerprint density at radius 2 is 2.38 bits per heavy atom. The third kappa shape index (κ3) is 4.10. The van der Waals surface area contributed by atoms with Crippen LogP contribution in [0, 0.1) is 11.3 Å². The fourth-order valence-corrected chi connectivity index (χ4v) is 2.63. The molecule has 0 saturated heterocycles. The minimum absolute atomic E-state index is 0.206. The van der Waals surface area contributed by atoms with Crippen molar-refractivity contribution in [2.45, 2.75) is 31.0 Å². The molecule has 0 radical (unpaired) electrons. The van der Waals surface area contributed by atoms with E-state index in [2.05, 4.69) is 16.3 Å². The highest BCUT2D eigenvalue weighted by Crippen LogP contribution is 2.25. The van der Waals surface area contributed by atoms with Crippen LogP contribution in [0.25, 0.3) is 11.6 Å². The lowest BCUT2D eigenvalue weighted by Crippen LogP contribution is -2.15. The number of carbonyl (C=O) groups excluding carboxylic acids is 1. The fourth-order valence-electron chi connectivity index (χ4n) is 1.72. The number of unbranched alkanes of at least 4 members (excludes halogenated alkanes) is 1. The Morgan fingerprint density at radius 3 is 3.05 bits per heavy atom. The van der Waals surface area contributed by atoms with Gasteiger partial charge in [0, 0.05) is 25.1 Å². The van der Waals surface area contributed by atoms with E-state index in [-0.39, 0.29) is 12.3 Å². The van der Waals surface area contributed by atoms with E-state index >= 15 is 0 Å². The van der Waals surface area contributed by atoms with Gasteiger partial charge in [-0.3, -0.25) is 9.36 Å². The van der Waals surface area contributed by atoms with Gasteiger partial charge in [0.15, 0.2) is 16.7 Å². The normalized spacial score (nSPS) is 10.4. The van der Waals surface area contributed by atoms with Crippen molar-refractivity contribution in [2.24, 2.45) is 5.73 Å². The van der Waals surface area contributed by atoms with E-state index in [1.165, 1.54) is 11.8 Å².